The molecule has 3 rings (SSSR count). The van der Waals surface area contributed by atoms with Crippen molar-refractivity contribution in [1.82, 2.24) is 20.3 Å². The fourth-order valence-electron chi connectivity index (χ4n) is 4.20. The summed E-state index contributed by atoms with van der Waals surface area (Å²) in [5.41, 5.74) is 1.50. The van der Waals surface area contributed by atoms with Crippen LogP contribution < -0.4 is 20.7 Å². The molecular weight excluding hydrogens is 492 g/mol. The van der Waals surface area contributed by atoms with Gasteiger partial charge >= 0.3 is 12.1 Å². The van der Waals surface area contributed by atoms with Crippen LogP contribution in [0.3, 0.4) is 0 Å². The summed E-state index contributed by atoms with van der Waals surface area (Å²) in [5.74, 6) is 0.112. The maximum absolute atomic E-state index is 13.6. The summed E-state index contributed by atoms with van der Waals surface area (Å²) < 4.78 is 11.5. The normalized spacial score (nSPS) is 18.1. The van der Waals surface area contributed by atoms with E-state index in [1.54, 1.807) is 50.9 Å². The number of anilines is 2. The van der Waals surface area contributed by atoms with Gasteiger partial charge < -0.3 is 40.1 Å². The first-order chi connectivity index (χ1) is 17.9. The number of para-hydroxylation sites is 1. The summed E-state index contributed by atoms with van der Waals surface area (Å²) in [4.78, 5) is 42.2. The highest BCUT2D eigenvalue weighted by Crippen LogP contribution is 2.35. The van der Waals surface area contributed by atoms with Crippen molar-refractivity contribution in [1.29, 1.82) is 0 Å². The van der Waals surface area contributed by atoms with E-state index in [0.717, 1.165) is 0 Å². The van der Waals surface area contributed by atoms with Gasteiger partial charge in [-0.1, -0.05) is 18.1 Å². The first-order valence-electron chi connectivity index (χ1n) is 12.7. The number of aliphatic hydroxyl groups excluding tert-OH is 1. The lowest BCUT2D eigenvalue weighted by Crippen LogP contribution is -2.51. The minimum absolute atomic E-state index is 0.0353. The third-order valence-corrected chi connectivity index (χ3v) is 6.42. The van der Waals surface area contributed by atoms with Crippen molar-refractivity contribution in [3.63, 3.8) is 0 Å². The van der Waals surface area contributed by atoms with Crippen LogP contribution in [0.15, 0.2) is 22.7 Å². The molecule has 0 bridgehead atoms. The number of rotatable bonds is 7. The van der Waals surface area contributed by atoms with E-state index in [9.17, 15) is 19.5 Å². The molecule has 1 aliphatic heterocycles. The smallest absolute Gasteiger partial charge is 0.323 e. The number of urea groups is 2. The third kappa shape index (κ3) is 6.55. The molecule has 1 aromatic heterocycles. The molecule has 1 aliphatic rings. The predicted molar refractivity (Wildman–Crippen MR) is 143 cm³/mol. The number of carbonyl (C=O) groups excluding carboxylic acids is 3. The van der Waals surface area contributed by atoms with E-state index in [0.29, 0.717) is 23.7 Å². The van der Waals surface area contributed by atoms with Crippen molar-refractivity contribution in [2.75, 3.05) is 37.4 Å². The molecule has 0 saturated heterocycles. The molecule has 12 nitrogen and oxygen atoms in total. The van der Waals surface area contributed by atoms with Crippen molar-refractivity contribution in [2.45, 2.75) is 59.7 Å². The third-order valence-electron chi connectivity index (χ3n) is 6.42. The van der Waals surface area contributed by atoms with Crippen LogP contribution >= 0.6 is 0 Å². The SMILES string of the molecule is Cc1noc(C)c1NC(=O)Nc1cccc2c1OC(CN(C)C(=O)NC(C)C)C(C)CN(C(C)CO)C2=O. The molecule has 4 N–H and O–H groups in total. The van der Waals surface area contributed by atoms with E-state index in [2.05, 4.69) is 21.1 Å². The molecule has 5 amide bonds. The lowest BCUT2D eigenvalue weighted by Gasteiger charge is -2.38. The number of hydrogen-bond donors (Lipinski definition) is 4. The first kappa shape index (κ1) is 28.8. The van der Waals surface area contributed by atoms with Crippen molar-refractivity contribution in [3.8, 4) is 5.75 Å². The minimum atomic E-state index is -0.565. The van der Waals surface area contributed by atoms with E-state index >= 15 is 0 Å². The van der Waals surface area contributed by atoms with Gasteiger partial charge in [0.1, 0.15) is 17.5 Å². The van der Waals surface area contributed by atoms with Crippen LogP contribution in [-0.4, -0.2) is 83.0 Å². The quantitative estimate of drug-likeness (QED) is 0.429. The van der Waals surface area contributed by atoms with E-state index < -0.39 is 18.2 Å². The van der Waals surface area contributed by atoms with Gasteiger partial charge in [0, 0.05) is 25.6 Å². The molecule has 208 valence electrons. The number of aryl methyl sites for hydroxylation is 2. The van der Waals surface area contributed by atoms with Gasteiger partial charge in [0.15, 0.2) is 11.5 Å². The van der Waals surface area contributed by atoms with Gasteiger partial charge in [-0.15, -0.1) is 0 Å². The number of fused-ring (bicyclic) bond motifs is 1. The van der Waals surface area contributed by atoms with Crippen LogP contribution in [0.2, 0.25) is 0 Å². The van der Waals surface area contributed by atoms with Gasteiger partial charge in [-0.25, -0.2) is 9.59 Å². The molecule has 1 aromatic carbocycles. The Labute approximate surface area is 222 Å². The highest BCUT2D eigenvalue weighted by molar-refractivity contribution is 6.04. The number of carbonyl (C=O) groups is 3. The molecule has 0 saturated carbocycles. The van der Waals surface area contributed by atoms with E-state index in [4.69, 9.17) is 9.26 Å². The number of ether oxygens (including phenoxy) is 1. The largest absolute Gasteiger partial charge is 0.485 e. The molecule has 2 aromatic rings. The number of benzene rings is 1. The molecule has 0 spiro atoms. The Morgan fingerprint density at radius 1 is 1.24 bits per heavy atom. The van der Waals surface area contributed by atoms with Crippen LogP contribution in [0.1, 0.15) is 49.5 Å². The van der Waals surface area contributed by atoms with Crippen molar-refractivity contribution in [3.05, 3.63) is 35.2 Å². The Morgan fingerprint density at radius 3 is 2.55 bits per heavy atom. The maximum Gasteiger partial charge on any atom is 0.323 e. The fraction of sp³-hybridized carbons (Fsp3) is 0.538. The second-order valence-electron chi connectivity index (χ2n) is 10.1. The summed E-state index contributed by atoms with van der Waals surface area (Å²) in [7, 11) is 1.67. The molecule has 0 aliphatic carbocycles. The zero-order chi connectivity index (χ0) is 28.1. The summed E-state index contributed by atoms with van der Waals surface area (Å²) >= 11 is 0. The van der Waals surface area contributed by atoms with Crippen molar-refractivity contribution < 1.29 is 28.8 Å². The van der Waals surface area contributed by atoms with Gasteiger partial charge in [0.25, 0.3) is 5.91 Å². The Balaban J connectivity index is 1.97. The maximum atomic E-state index is 13.6. The fourth-order valence-corrected chi connectivity index (χ4v) is 4.20. The van der Waals surface area contributed by atoms with Crippen molar-refractivity contribution >= 4 is 29.3 Å². The zero-order valence-corrected chi connectivity index (χ0v) is 23.0. The minimum Gasteiger partial charge on any atom is -0.485 e. The first-order valence-corrected chi connectivity index (χ1v) is 12.7. The van der Waals surface area contributed by atoms with E-state index in [1.165, 1.54) is 4.90 Å². The second kappa shape index (κ2) is 12.2. The zero-order valence-electron chi connectivity index (χ0n) is 23.0. The molecule has 3 unspecified atom stereocenters. The lowest BCUT2D eigenvalue weighted by molar-refractivity contribution is 0.0368. The van der Waals surface area contributed by atoms with Gasteiger partial charge in [-0.3, -0.25) is 4.79 Å². The van der Waals surface area contributed by atoms with Crippen molar-refractivity contribution in [2.24, 2.45) is 5.92 Å². The van der Waals surface area contributed by atoms with E-state index in [-0.39, 0.29) is 54.1 Å². The number of hydrogen-bond acceptors (Lipinski definition) is 7. The monoisotopic (exact) mass is 530 g/mol. The number of amides is 5. The Morgan fingerprint density at radius 2 is 1.95 bits per heavy atom. The topological polar surface area (TPSA) is 149 Å². The van der Waals surface area contributed by atoms with Crippen LogP contribution in [-0.2, 0) is 0 Å². The van der Waals surface area contributed by atoms with Gasteiger partial charge in [-0.2, -0.15) is 0 Å². The van der Waals surface area contributed by atoms with Gasteiger partial charge in [0.05, 0.1) is 30.4 Å². The molecule has 38 heavy (non-hydrogen) atoms. The standard InChI is InChI=1S/C26H38N6O6/c1-14(2)27-26(36)31(7)12-21-15(3)11-32(16(4)13-33)24(34)19-9-8-10-20(23(19)37-21)28-25(35)29-22-17(5)30-38-18(22)6/h8-10,14-16,21,33H,11-13H2,1-7H3,(H,27,36)(H2,28,29,35). The molecule has 0 radical (unpaired) electrons. The number of aromatic nitrogens is 1. The average Bonchev–Trinajstić information content (AvgIpc) is 3.17. The predicted octanol–water partition coefficient (Wildman–Crippen LogP) is 3.21. The Bertz CT molecular complexity index is 1150. The second-order valence-corrected chi connectivity index (χ2v) is 10.1. The van der Waals surface area contributed by atoms with Gasteiger partial charge in [-0.05, 0) is 46.8 Å². The van der Waals surface area contributed by atoms with Crippen LogP contribution in [0.25, 0.3) is 0 Å². The summed E-state index contributed by atoms with van der Waals surface area (Å²) in [6.07, 6.45) is -0.522. The Kier molecular flexibility index (Phi) is 9.21. The number of nitrogens with zero attached hydrogens (tertiary/aromatic N) is 3. The number of likely N-dealkylation sites (N-methyl/N-ethyl adjacent to an activating group) is 1. The number of aliphatic hydroxyl groups is 1. The summed E-state index contributed by atoms with van der Waals surface area (Å²) in [6, 6.07) is 3.61. The van der Waals surface area contributed by atoms with Crippen LogP contribution in [0, 0.1) is 19.8 Å². The molecule has 3 atom stereocenters. The van der Waals surface area contributed by atoms with E-state index in [1.807, 2.05) is 20.8 Å². The molecule has 0 fully saturated rings. The molecule has 2 heterocycles. The molecular formula is C26H38N6O6. The highest BCUT2D eigenvalue weighted by Gasteiger charge is 2.35. The van der Waals surface area contributed by atoms with Crippen LogP contribution in [0.5, 0.6) is 5.75 Å². The highest BCUT2D eigenvalue weighted by atomic mass is 16.5. The molecule has 12 heteroatoms. The summed E-state index contributed by atoms with van der Waals surface area (Å²) in [6.45, 7) is 11.2. The average molecular weight is 531 g/mol. The number of nitrogens with one attached hydrogen (secondary N) is 3. The van der Waals surface area contributed by atoms with Gasteiger partial charge in [0.2, 0.25) is 0 Å². The summed E-state index contributed by atoms with van der Waals surface area (Å²) in [5, 5.41) is 22.0. The lowest BCUT2D eigenvalue weighted by atomic mass is 9.99. The Hall–Kier alpha value is -3.80. The van der Waals surface area contributed by atoms with Crippen LogP contribution in [0.4, 0.5) is 21.0 Å².